The molecule has 0 aliphatic carbocycles. The second-order valence-corrected chi connectivity index (χ2v) is 7.69. The lowest BCUT2D eigenvalue weighted by atomic mass is 9.98. The van der Waals surface area contributed by atoms with Gasteiger partial charge < -0.3 is 0 Å². The fraction of sp³-hybridized carbons (Fsp3) is 0.667. The molecule has 104 valence electrons. The van der Waals surface area contributed by atoms with Gasteiger partial charge in [0.15, 0.2) is 0 Å². The van der Waals surface area contributed by atoms with E-state index in [-0.39, 0.29) is 20.4 Å². The van der Waals surface area contributed by atoms with Crippen molar-refractivity contribution < 1.29 is 0 Å². The van der Waals surface area contributed by atoms with Gasteiger partial charge in [-0.1, -0.05) is 70.2 Å². The SMILES string of the molecule is CCC[CH2][Mg][c]1cccc(CCCC)c1CCCC. The maximum Gasteiger partial charge on any atom is 0.409 e. The fourth-order valence-electron chi connectivity index (χ4n) is 2.76. The molecule has 1 aromatic carbocycles. The van der Waals surface area contributed by atoms with Crippen LogP contribution in [0.3, 0.4) is 0 Å². The summed E-state index contributed by atoms with van der Waals surface area (Å²) in [5.74, 6) is 0. The van der Waals surface area contributed by atoms with Crippen molar-refractivity contribution in [1.29, 1.82) is 0 Å². The van der Waals surface area contributed by atoms with Crippen LogP contribution in [-0.2, 0) is 12.8 Å². The molecule has 0 aromatic heterocycles. The van der Waals surface area contributed by atoms with Crippen LogP contribution >= 0.6 is 0 Å². The highest BCUT2D eigenvalue weighted by atomic mass is 24.5. The van der Waals surface area contributed by atoms with E-state index < -0.39 is 0 Å². The summed E-state index contributed by atoms with van der Waals surface area (Å²) in [5.41, 5.74) is 3.41. The molecule has 0 amide bonds. The molecule has 1 heteroatoms. The lowest BCUT2D eigenvalue weighted by Gasteiger charge is -2.15. The highest BCUT2D eigenvalue weighted by molar-refractivity contribution is 6.54. The first kappa shape index (κ1) is 17.0. The van der Waals surface area contributed by atoms with Crippen molar-refractivity contribution in [2.45, 2.75) is 76.7 Å². The minimum Gasteiger partial charge on any atom is -0.171 e. The van der Waals surface area contributed by atoms with E-state index in [9.17, 15) is 0 Å². The van der Waals surface area contributed by atoms with Crippen molar-refractivity contribution in [3.63, 3.8) is 0 Å². The summed E-state index contributed by atoms with van der Waals surface area (Å²) < 4.78 is 3.27. The largest absolute Gasteiger partial charge is 0.409 e. The van der Waals surface area contributed by atoms with Gasteiger partial charge in [-0.2, -0.15) is 3.69 Å². The van der Waals surface area contributed by atoms with Crippen LogP contribution in [0.25, 0.3) is 0 Å². The summed E-state index contributed by atoms with van der Waals surface area (Å²) >= 11 is -0.0239. The first-order valence-electron chi connectivity index (χ1n) is 8.43. The predicted molar refractivity (Wildman–Crippen MR) is 88.8 cm³/mol. The minimum absolute atomic E-state index is 0.0239. The molecular weight excluding hydrogens is 241 g/mol. The Morgan fingerprint density at radius 1 is 0.842 bits per heavy atom. The summed E-state index contributed by atoms with van der Waals surface area (Å²) in [4.78, 5) is 0. The van der Waals surface area contributed by atoms with Crippen LogP contribution in [0.1, 0.15) is 70.4 Å². The Morgan fingerprint density at radius 3 is 2.21 bits per heavy atom. The topological polar surface area (TPSA) is 0 Å². The number of unbranched alkanes of at least 4 members (excludes halogenated alkanes) is 3. The van der Waals surface area contributed by atoms with Crippen LogP contribution in [0.5, 0.6) is 0 Å². The van der Waals surface area contributed by atoms with Gasteiger partial charge in [0.1, 0.15) is 0 Å². The average Bonchev–Trinajstić information content (AvgIpc) is 2.44. The van der Waals surface area contributed by atoms with Gasteiger partial charge in [0, 0.05) is 0 Å². The molecule has 0 nitrogen and oxygen atoms in total. The second kappa shape index (κ2) is 10.7. The summed E-state index contributed by atoms with van der Waals surface area (Å²) in [6, 6.07) is 7.13. The van der Waals surface area contributed by atoms with Crippen molar-refractivity contribution in [3.05, 3.63) is 29.3 Å². The zero-order chi connectivity index (χ0) is 13.9. The van der Waals surface area contributed by atoms with Gasteiger partial charge in [-0.15, -0.1) is 4.55 Å². The fourth-order valence-corrected chi connectivity index (χ4v) is 4.90. The Balaban J connectivity index is 2.79. The van der Waals surface area contributed by atoms with Crippen molar-refractivity contribution in [3.8, 4) is 0 Å². The highest BCUT2D eigenvalue weighted by Crippen LogP contribution is 2.14. The van der Waals surface area contributed by atoms with E-state index in [1.807, 2.05) is 0 Å². The smallest absolute Gasteiger partial charge is 0.171 e. The van der Waals surface area contributed by atoms with Gasteiger partial charge in [0.05, 0.1) is 0 Å². The third kappa shape index (κ3) is 6.31. The summed E-state index contributed by atoms with van der Waals surface area (Å²) in [7, 11) is 0. The van der Waals surface area contributed by atoms with Crippen molar-refractivity contribution in [2.24, 2.45) is 0 Å². The Bertz CT molecular complexity index is 344. The molecule has 0 N–H and O–H groups in total. The average molecular weight is 271 g/mol. The Kier molecular flexibility index (Phi) is 9.63. The molecule has 0 unspecified atom stereocenters. The van der Waals surface area contributed by atoms with Gasteiger partial charge in [-0.25, -0.2) is 0 Å². The maximum atomic E-state index is 2.43. The summed E-state index contributed by atoms with van der Waals surface area (Å²) in [6.45, 7) is 6.92. The normalized spacial score (nSPS) is 10.5. The van der Waals surface area contributed by atoms with Crippen LogP contribution < -0.4 is 3.69 Å². The zero-order valence-electron chi connectivity index (χ0n) is 13.3. The molecule has 0 aliphatic rings. The van der Waals surface area contributed by atoms with Crippen molar-refractivity contribution in [1.82, 2.24) is 0 Å². The van der Waals surface area contributed by atoms with Crippen LogP contribution in [0.2, 0.25) is 4.55 Å². The van der Waals surface area contributed by atoms with E-state index in [2.05, 4.69) is 39.0 Å². The van der Waals surface area contributed by atoms with E-state index in [1.54, 1.807) is 14.8 Å². The molecule has 0 saturated carbocycles. The molecule has 0 fully saturated rings. The van der Waals surface area contributed by atoms with E-state index in [1.165, 1.54) is 55.9 Å². The number of aryl methyl sites for hydroxylation is 1. The van der Waals surface area contributed by atoms with Crippen LogP contribution in [0.15, 0.2) is 18.2 Å². The maximum absolute atomic E-state index is 2.43. The van der Waals surface area contributed by atoms with Crippen molar-refractivity contribution >= 4 is 24.1 Å². The minimum atomic E-state index is -0.0239. The first-order chi connectivity index (χ1) is 9.33. The van der Waals surface area contributed by atoms with Gasteiger partial charge >= 0.3 is 20.4 Å². The standard InChI is InChI=1S/C14H21.C4H9.Mg/c1-3-5-9-13-11-7-8-12-14(13)10-6-4-2;1-3-4-2;/h7-8,11H,3-6,9-10H2,1-2H3;1,3-4H2,2H3;. The monoisotopic (exact) mass is 270 g/mol. The van der Waals surface area contributed by atoms with Crippen LogP contribution in [0, 0.1) is 0 Å². The molecule has 0 aliphatic heterocycles. The van der Waals surface area contributed by atoms with E-state index >= 15 is 0 Å². The summed E-state index contributed by atoms with van der Waals surface area (Å²) in [6.07, 6.45) is 10.7. The molecule has 0 atom stereocenters. The number of rotatable bonds is 10. The Labute approximate surface area is 130 Å². The quantitative estimate of drug-likeness (QED) is 0.418. The molecule has 0 heterocycles. The predicted octanol–water partition coefficient (Wildman–Crippen LogP) is 4.92. The lowest BCUT2D eigenvalue weighted by Crippen LogP contribution is -2.21. The van der Waals surface area contributed by atoms with E-state index in [0.29, 0.717) is 0 Å². The third-order valence-electron chi connectivity index (χ3n) is 4.00. The first-order valence-corrected chi connectivity index (χ1v) is 10.1. The molecule has 0 radical (unpaired) electrons. The Hall–Kier alpha value is -0.0138. The Morgan fingerprint density at radius 2 is 1.53 bits per heavy atom. The lowest BCUT2D eigenvalue weighted by molar-refractivity contribution is 0.760. The zero-order valence-corrected chi connectivity index (χ0v) is 14.7. The van der Waals surface area contributed by atoms with Crippen LogP contribution in [0.4, 0.5) is 0 Å². The number of benzene rings is 1. The molecule has 0 bridgehead atoms. The molecular formula is C18H30Mg. The van der Waals surface area contributed by atoms with Crippen molar-refractivity contribution in [2.75, 3.05) is 0 Å². The van der Waals surface area contributed by atoms with Gasteiger partial charge in [-0.05, 0) is 31.2 Å². The highest BCUT2D eigenvalue weighted by Gasteiger charge is 2.09. The molecule has 1 aromatic rings. The van der Waals surface area contributed by atoms with Gasteiger partial charge in [-0.3, -0.25) is 0 Å². The number of hydrogen-bond acceptors (Lipinski definition) is 0. The third-order valence-corrected chi connectivity index (χ3v) is 6.05. The summed E-state index contributed by atoms with van der Waals surface area (Å²) in [5, 5.41) is 0. The number of hydrogen-bond donors (Lipinski definition) is 0. The molecule has 0 spiro atoms. The molecule has 19 heavy (non-hydrogen) atoms. The van der Waals surface area contributed by atoms with E-state index in [0.717, 1.165) is 0 Å². The van der Waals surface area contributed by atoms with E-state index in [4.69, 9.17) is 0 Å². The second-order valence-electron chi connectivity index (χ2n) is 5.72. The van der Waals surface area contributed by atoms with Gasteiger partial charge in [0.2, 0.25) is 0 Å². The van der Waals surface area contributed by atoms with Gasteiger partial charge in [0.25, 0.3) is 0 Å². The molecule has 1 rings (SSSR count). The van der Waals surface area contributed by atoms with Crippen LogP contribution in [-0.4, -0.2) is 20.4 Å². The molecule has 0 saturated heterocycles.